The fourth-order valence-corrected chi connectivity index (χ4v) is 4.11. The maximum Gasteiger partial charge on any atom is 0.339 e. The van der Waals surface area contributed by atoms with Gasteiger partial charge < -0.3 is 14.2 Å². The van der Waals surface area contributed by atoms with E-state index in [-0.39, 0.29) is 24.1 Å². The zero-order chi connectivity index (χ0) is 18.3. The van der Waals surface area contributed by atoms with E-state index in [1.54, 1.807) is 20.3 Å². The van der Waals surface area contributed by atoms with Crippen molar-refractivity contribution in [2.45, 2.75) is 30.8 Å². The van der Waals surface area contributed by atoms with E-state index in [0.717, 1.165) is 16.9 Å². The molecule has 2 aromatic rings. The maximum atomic E-state index is 12.5. The predicted octanol–water partition coefficient (Wildman–Crippen LogP) is 3.61. The molecule has 0 amide bonds. The smallest absolute Gasteiger partial charge is 0.339 e. The molecule has 0 N–H and O–H groups in total. The monoisotopic (exact) mass is 352 g/mol. The van der Waals surface area contributed by atoms with Gasteiger partial charge in [-0.3, -0.25) is 4.79 Å². The molecule has 0 radical (unpaired) electrons. The van der Waals surface area contributed by atoms with E-state index in [1.165, 1.54) is 0 Å². The summed E-state index contributed by atoms with van der Waals surface area (Å²) in [7, 11) is 3.18. The highest BCUT2D eigenvalue weighted by atomic mass is 16.6. The van der Waals surface area contributed by atoms with Crippen LogP contribution in [0.2, 0.25) is 0 Å². The number of methoxy groups -OCH3 is 2. The van der Waals surface area contributed by atoms with Gasteiger partial charge in [0, 0.05) is 12.0 Å². The number of ether oxygens (including phenoxy) is 3. The van der Waals surface area contributed by atoms with Gasteiger partial charge in [0.15, 0.2) is 0 Å². The van der Waals surface area contributed by atoms with E-state index < -0.39 is 5.60 Å². The molecule has 1 unspecified atom stereocenters. The fraction of sp³-hybridized carbons (Fsp3) is 0.333. The first-order valence-electron chi connectivity index (χ1n) is 8.62. The lowest BCUT2D eigenvalue weighted by Gasteiger charge is -2.36. The van der Waals surface area contributed by atoms with Crippen molar-refractivity contribution in [1.82, 2.24) is 0 Å². The lowest BCUT2D eigenvalue weighted by atomic mass is 9.71. The van der Waals surface area contributed by atoms with Crippen molar-refractivity contribution in [2.24, 2.45) is 0 Å². The Balaban J connectivity index is 1.71. The zero-order valence-electron chi connectivity index (χ0n) is 14.8. The van der Waals surface area contributed by atoms with Crippen LogP contribution in [0.25, 0.3) is 0 Å². The van der Waals surface area contributed by atoms with Crippen LogP contribution in [0.3, 0.4) is 0 Å². The highest BCUT2D eigenvalue weighted by Crippen LogP contribution is 2.50. The van der Waals surface area contributed by atoms with Gasteiger partial charge in [0.05, 0.1) is 26.2 Å². The third-order valence-electron chi connectivity index (χ3n) is 5.35. The van der Waals surface area contributed by atoms with E-state index in [2.05, 4.69) is 0 Å². The summed E-state index contributed by atoms with van der Waals surface area (Å²) in [5.41, 5.74) is 1.46. The topological polar surface area (TPSA) is 61.8 Å². The average molecular weight is 352 g/mol. The number of hydrogen-bond acceptors (Lipinski definition) is 5. The first-order valence-corrected chi connectivity index (χ1v) is 8.62. The van der Waals surface area contributed by atoms with E-state index in [4.69, 9.17) is 14.2 Å². The third-order valence-corrected chi connectivity index (χ3v) is 5.35. The van der Waals surface area contributed by atoms with Gasteiger partial charge in [0.25, 0.3) is 0 Å². The Kier molecular flexibility index (Phi) is 3.94. The van der Waals surface area contributed by atoms with Gasteiger partial charge in [0.2, 0.25) is 0 Å². The molecule has 1 aliphatic carbocycles. The van der Waals surface area contributed by atoms with Crippen LogP contribution in [0.5, 0.6) is 11.5 Å². The van der Waals surface area contributed by atoms with Crippen LogP contribution in [0.4, 0.5) is 0 Å². The summed E-state index contributed by atoms with van der Waals surface area (Å²) in [6, 6.07) is 13.1. The summed E-state index contributed by atoms with van der Waals surface area (Å²) in [6.07, 6.45) is 1.28. The van der Waals surface area contributed by atoms with Crippen LogP contribution in [0, 0.1) is 0 Å². The molecule has 5 heteroatoms. The summed E-state index contributed by atoms with van der Waals surface area (Å²) in [4.78, 5) is 25.0. The van der Waals surface area contributed by atoms with Crippen molar-refractivity contribution < 1.29 is 23.8 Å². The number of hydrogen-bond donors (Lipinski definition) is 0. The number of fused-ring (bicyclic) bond motifs is 2. The molecule has 1 aliphatic heterocycles. The second-order valence-electron chi connectivity index (χ2n) is 6.89. The first-order chi connectivity index (χ1) is 12.5. The second kappa shape index (κ2) is 6.16. The average Bonchev–Trinajstić information content (AvgIpc) is 2.91. The fourth-order valence-electron chi connectivity index (χ4n) is 4.11. The van der Waals surface area contributed by atoms with Crippen LogP contribution in [0.15, 0.2) is 42.5 Å². The number of Topliss-reactive ketones (excluding diaryl/α,β-unsaturated/α-hetero) is 1. The normalized spacial score (nSPS) is 24.3. The number of esters is 1. The van der Waals surface area contributed by atoms with Gasteiger partial charge in [-0.2, -0.15) is 0 Å². The van der Waals surface area contributed by atoms with Crippen molar-refractivity contribution in [3.63, 3.8) is 0 Å². The second-order valence-corrected chi connectivity index (χ2v) is 6.89. The molecule has 0 bridgehead atoms. The van der Waals surface area contributed by atoms with Crippen LogP contribution in [-0.2, 0) is 15.1 Å². The molecule has 4 rings (SSSR count). The summed E-state index contributed by atoms with van der Waals surface area (Å²) in [6.45, 7) is 0. The third kappa shape index (κ3) is 2.64. The molecule has 1 spiro atoms. The molecule has 1 saturated carbocycles. The van der Waals surface area contributed by atoms with E-state index in [1.807, 2.05) is 36.4 Å². The minimum Gasteiger partial charge on any atom is -0.497 e. The minimum atomic E-state index is -0.876. The number of rotatable bonds is 3. The Morgan fingerprint density at radius 3 is 2.38 bits per heavy atom. The number of carbonyl (C=O) groups is 2. The maximum absolute atomic E-state index is 12.5. The Morgan fingerprint density at radius 1 is 1.00 bits per heavy atom. The molecule has 134 valence electrons. The summed E-state index contributed by atoms with van der Waals surface area (Å²) >= 11 is 0. The lowest BCUT2D eigenvalue weighted by Crippen LogP contribution is -2.36. The lowest BCUT2D eigenvalue weighted by molar-refractivity contribution is -0.129. The van der Waals surface area contributed by atoms with Gasteiger partial charge in [-0.05, 0) is 42.2 Å². The van der Waals surface area contributed by atoms with Crippen LogP contribution < -0.4 is 9.47 Å². The van der Waals surface area contributed by atoms with Gasteiger partial charge in [-0.1, -0.05) is 18.2 Å². The molecule has 0 aromatic heterocycles. The molecule has 2 aromatic carbocycles. The molecule has 5 nitrogen and oxygen atoms in total. The van der Waals surface area contributed by atoms with Gasteiger partial charge >= 0.3 is 5.97 Å². The van der Waals surface area contributed by atoms with Crippen LogP contribution in [-0.4, -0.2) is 26.0 Å². The summed E-state index contributed by atoms with van der Waals surface area (Å²) in [5.74, 6) is 1.10. The largest absolute Gasteiger partial charge is 0.497 e. The van der Waals surface area contributed by atoms with Gasteiger partial charge in [0.1, 0.15) is 22.9 Å². The molecular formula is C21H20O5. The Morgan fingerprint density at radius 2 is 1.69 bits per heavy atom. The summed E-state index contributed by atoms with van der Waals surface area (Å²) < 4.78 is 16.2. The van der Waals surface area contributed by atoms with Crippen LogP contribution in [0.1, 0.15) is 46.7 Å². The highest BCUT2D eigenvalue weighted by molar-refractivity contribution is 5.96. The quantitative estimate of drug-likeness (QED) is 0.790. The molecule has 1 heterocycles. The molecule has 2 atom stereocenters. The van der Waals surface area contributed by atoms with Gasteiger partial charge in [-0.25, -0.2) is 4.79 Å². The standard InChI is InChI=1S/C21H20O5/c1-24-16-5-3-13(4-6-16)14-9-15(22)12-21(11-14)19-8-7-17(25-2)10-18(19)20(23)26-21/h3-8,10,14H,9,11-12H2,1-2H3/t14-,21?/m0/s1. The van der Waals surface area contributed by atoms with E-state index >= 15 is 0 Å². The number of carbonyl (C=O) groups excluding carboxylic acids is 2. The first kappa shape index (κ1) is 16.6. The highest BCUT2D eigenvalue weighted by Gasteiger charge is 2.51. The molecule has 2 aliphatic rings. The molecule has 0 saturated heterocycles. The number of benzene rings is 2. The van der Waals surface area contributed by atoms with E-state index in [9.17, 15) is 9.59 Å². The predicted molar refractivity (Wildman–Crippen MR) is 94.7 cm³/mol. The van der Waals surface area contributed by atoms with Crippen molar-refractivity contribution >= 4 is 11.8 Å². The Bertz CT molecular complexity index is 870. The van der Waals surface area contributed by atoms with Crippen molar-refractivity contribution in [3.05, 3.63) is 59.2 Å². The van der Waals surface area contributed by atoms with E-state index in [0.29, 0.717) is 24.2 Å². The Hall–Kier alpha value is -2.82. The summed E-state index contributed by atoms with van der Waals surface area (Å²) in [5, 5.41) is 0. The SMILES string of the molecule is COc1ccc([C@H]2CC(=O)CC3(C2)OC(=O)c2cc(OC)ccc23)cc1. The molecular weight excluding hydrogens is 332 g/mol. The van der Waals surface area contributed by atoms with Crippen molar-refractivity contribution in [1.29, 1.82) is 0 Å². The minimum absolute atomic E-state index is 0.00278. The number of ketones is 1. The Labute approximate surface area is 151 Å². The molecule has 1 fully saturated rings. The molecule has 26 heavy (non-hydrogen) atoms. The van der Waals surface area contributed by atoms with Crippen LogP contribution >= 0.6 is 0 Å². The van der Waals surface area contributed by atoms with Crippen molar-refractivity contribution in [3.8, 4) is 11.5 Å². The van der Waals surface area contributed by atoms with Crippen molar-refractivity contribution in [2.75, 3.05) is 14.2 Å². The van der Waals surface area contributed by atoms with Gasteiger partial charge in [-0.15, -0.1) is 0 Å². The zero-order valence-corrected chi connectivity index (χ0v) is 14.8.